The van der Waals surface area contributed by atoms with Gasteiger partial charge in [-0.2, -0.15) is 0 Å². The highest BCUT2D eigenvalue weighted by Gasteiger charge is 2.29. The van der Waals surface area contributed by atoms with Crippen LogP contribution in [0.3, 0.4) is 0 Å². The van der Waals surface area contributed by atoms with E-state index in [-0.39, 0.29) is 12.5 Å². The van der Waals surface area contributed by atoms with Crippen molar-refractivity contribution in [2.75, 3.05) is 11.9 Å². The van der Waals surface area contributed by atoms with Crippen LogP contribution in [0.25, 0.3) is 0 Å². The molecule has 108 valence electrons. The highest BCUT2D eigenvalue weighted by Crippen LogP contribution is 2.38. The van der Waals surface area contributed by atoms with Crippen molar-refractivity contribution in [3.05, 3.63) is 16.0 Å². The molecule has 0 bridgehead atoms. The molecule has 1 aliphatic carbocycles. The fourth-order valence-corrected chi connectivity index (χ4v) is 3.54. The van der Waals surface area contributed by atoms with Gasteiger partial charge in [-0.05, 0) is 31.7 Å². The van der Waals surface area contributed by atoms with Gasteiger partial charge in [-0.1, -0.05) is 5.16 Å². The van der Waals surface area contributed by atoms with Gasteiger partial charge < -0.3 is 15.3 Å². The van der Waals surface area contributed by atoms with E-state index in [0.717, 1.165) is 16.9 Å². The molecule has 1 aromatic rings. The highest BCUT2D eigenvalue weighted by atomic mass is 32.1. The van der Waals surface area contributed by atoms with Gasteiger partial charge in [-0.25, -0.2) is 4.79 Å². The Morgan fingerprint density at radius 2 is 2.20 bits per heavy atom. The Kier molecular flexibility index (Phi) is 4.39. The number of hydrogen-bond acceptors (Lipinski definition) is 6. The summed E-state index contributed by atoms with van der Waals surface area (Å²) in [5, 5.41) is 15.5. The van der Waals surface area contributed by atoms with Crippen LogP contribution in [0.4, 0.5) is 5.00 Å². The van der Waals surface area contributed by atoms with Crippen molar-refractivity contribution < 1.29 is 19.5 Å². The van der Waals surface area contributed by atoms with Crippen molar-refractivity contribution in [3.63, 3.8) is 0 Å². The molecule has 0 aromatic carbocycles. The highest BCUT2D eigenvalue weighted by molar-refractivity contribution is 7.19. The topological polar surface area (TPSA) is 88.0 Å². The van der Waals surface area contributed by atoms with E-state index < -0.39 is 5.97 Å². The maximum Gasteiger partial charge on any atom is 0.341 e. The van der Waals surface area contributed by atoms with Gasteiger partial charge in [0.15, 0.2) is 0 Å². The van der Waals surface area contributed by atoms with Crippen molar-refractivity contribution in [3.8, 4) is 0 Å². The Balaban J connectivity index is 2.53. The molecule has 2 rings (SSSR count). The van der Waals surface area contributed by atoms with Crippen molar-refractivity contribution in [1.82, 2.24) is 0 Å². The van der Waals surface area contributed by atoms with Gasteiger partial charge in [0, 0.05) is 6.92 Å². The minimum Gasteiger partial charge on any atom is -0.462 e. The molecule has 0 atom stereocenters. The summed E-state index contributed by atoms with van der Waals surface area (Å²) >= 11 is 1.25. The zero-order chi connectivity index (χ0) is 14.7. The van der Waals surface area contributed by atoms with E-state index >= 15 is 0 Å². The van der Waals surface area contributed by atoms with Gasteiger partial charge >= 0.3 is 5.97 Å². The zero-order valence-corrected chi connectivity index (χ0v) is 12.2. The van der Waals surface area contributed by atoms with E-state index in [4.69, 9.17) is 9.94 Å². The molecule has 7 heteroatoms. The van der Waals surface area contributed by atoms with Crippen molar-refractivity contribution in [2.24, 2.45) is 5.16 Å². The number of carbonyl (C=O) groups is 2. The molecule has 0 spiro atoms. The van der Waals surface area contributed by atoms with Crippen LogP contribution >= 0.6 is 11.3 Å². The first-order chi connectivity index (χ1) is 9.58. The van der Waals surface area contributed by atoms with Crippen LogP contribution in [0.5, 0.6) is 0 Å². The monoisotopic (exact) mass is 296 g/mol. The summed E-state index contributed by atoms with van der Waals surface area (Å²) < 4.78 is 5.06. The predicted molar refractivity (Wildman–Crippen MR) is 75.8 cm³/mol. The standard InChI is InChI=1S/C13H16N2O4S/c1-3-19-13(17)10-8-5-4-6-9(15-18)11(8)20-12(10)14-7(2)16/h18H,3-6H2,1-2H3,(H,14,16). The molecule has 1 aromatic heterocycles. The average molecular weight is 296 g/mol. The molecule has 0 saturated heterocycles. The molecular weight excluding hydrogens is 280 g/mol. The molecule has 1 heterocycles. The zero-order valence-electron chi connectivity index (χ0n) is 11.4. The van der Waals surface area contributed by atoms with Gasteiger partial charge in [-0.3, -0.25) is 4.79 Å². The van der Waals surface area contributed by atoms with Crippen LogP contribution in [0.2, 0.25) is 0 Å². The Hall–Kier alpha value is -1.89. The number of esters is 1. The lowest BCUT2D eigenvalue weighted by molar-refractivity contribution is -0.114. The third-order valence-corrected chi connectivity index (χ3v) is 4.20. The van der Waals surface area contributed by atoms with Crippen LogP contribution in [-0.4, -0.2) is 29.4 Å². The van der Waals surface area contributed by atoms with Crippen LogP contribution < -0.4 is 5.32 Å². The Labute approximate surface area is 120 Å². The van der Waals surface area contributed by atoms with E-state index in [1.54, 1.807) is 6.92 Å². The van der Waals surface area contributed by atoms with Gasteiger partial charge in [0.25, 0.3) is 0 Å². The summed E-state index contributed by atoms with van der Waals surface area (Å²) in [6.07, 6.45) is 2.17. The number of thiophene rings is 1. The van der Waals surface area contributed by atoms with Crippen molar-refractivity contribution in [2.45, 2.75) is 33.1 Å². The second kappa shape index (κ2) is 6.04. The molecule has 20 heavy (non-hydrogen) atoms. The largest absolute Gasteiger partial charge is 0.462 e. The third kappa shape index (κ3) is 2.67. The number of oxime groups is 1. The first-order valence-corrected chi connectivity index (χ1v) is 7.21. The summed E-state index contributed by atoms with van der Waals surface area (Å²) in [5.41, 5.74) is 1.75. The smallest absolute Gasteiger partial charge is 0.341 e. The van der Waals surface area contributed by atoms with E-state index in [1.165, 1.54) is 18.3 Å². The summed E-state index contributed by atoms with van der Waals surface area (Å²) in [6, 6.07) is 0. The van der Waals surface area contributed by atoms with Gasteiger partial charge in [-0.15, -0.1) is 11.3 Å². The molecule has 1 amide bonds. The van der Waals surface area contributed by atoms with E-state index in [1.807, 2.05) is 0 Å². The molecule has 2 N–H and O–H groups in total. The molecular formula is C13H16N2O4S. The molecule has 0 aliphatic heterocycles. The Morgan fingerprint density at radius 1 is 1.45 bits per heavy atom. The summed E-state index contributed by atoms with van der Waals surface area (Å²) in [7, 11) is 0. The Bertz CT molecular complexity index is 577. The molecule has 0 saturated carbocycles. The predicted octanol–water partition coefficient (Wildman–Crippen LogP) is 2.40. The normalized spacial score (nSPS) is 15.8. The minimum absolute atomic E-state index is 0.253. The van der Waals surface area contributed by atoms with Gasteiger partial charge in [0.1, 0.15) is 5.00 Å². The lowest BCUT2D eigenvalue weighted by Gasteiger charge is -2.13. The second-order valence-electron chi connectivity index (χ2n) is 4.42. The molecule has 0 radical (unpaired) electrons. The average Bonchev–Trinajstić information content (AvgIpc) is 2.75. The number of ether oxygens (including phenoxy) is 1. The summed E-state index contributed by atoms with van der Waals surface area (Å²) in [4.78, 5) is 24.1. The fourth-order valence-electron chi connectivity index (χ4n) is 2.25. The number of nitrogens with one attached hydrogen (secondary N) is 1. The lowest BCUT2D eigenvalue weighted by atomic mass is 9.94. The fraction of sp³-hybridized carbons (Fsp3) is 0.462. The summed E-state index contributed by atoms with van der Waals surface area (Å²) in [6.45, 7) is 3.38. The first kappa shape index (κ1) is 14.5. The number of nitrogens with zero attached hydrogens (tertiary/aromatic N) is 1. The van der Waals surface area contributed by atoms with Crippen molar-refractivity contribution in [1.29, 1.82) is 0 Å². The van der Waals surface area contributed by atoms with Gasteiger partial charge in [0.05, 0.1) is 22.8 Å². The first-order valence-electron chi connectivity index (χ1n) is 6.40. The SMILES string of the molecule is CCOC(=O)c1c(NC(C)=O)sc2c1CCCC2=NO. The molecule has 0 unspecified atom stereocenters. The number of hydrogen-bond donors (Lipinski definition) is 2. The maximum absolute atomic E-state index is 12.1. The maximum atomic E-state index is 12.1. The van der Waals surface area contributed by atoms with Crippen LogP contribution in [-0.2, 0) is 16.0 Å². The summed E-state index contributed by atoms with van der Waals surface area (Å²) in [5.74, 6) is -0.704. The van der Waals surface area contributed by atoms with Crippen LogP contribution in [0.15, 0.2) is 5.16 Å². The third-order valence-electron chi connectivity index (χ3n) is 3.00. The quantitative estimate of drug-likeness (QED) is 0.509. The van der Waals surface area contributed by atoms with Gasteiger partial charge in [0.2, 0.25) is 5.91 Å². The molecule has 1 aliphatic rings. The number of rotatable bonds is 3. The molecule has 6 nitrogen and oxygen atoms in total. The van der Waals surface area contributed by atoms with Crippen LogP contribution in [0.1, 0.15) is 47.5 Å². The van der Waals surface area contributed by atoms with E-state index in [0.29, 0.717) is 29.1 Å². The second-order valence-corrected chi connectivity index (χ2v) is 5.44. The number of amides is 1. The van der Waals surface area contributed by atoms with Crippen molar-refractivity contribution >= 4 is 33.9 Å². The van der Waals surface area contributed by atoms with E-state index in [2.05, 4.69) is 10.5 Å². The van der Waals surface area contributed by atoms with Crippen LogP contribution in [0, 0.1) is 0 Å². The number of carbonyl (C=O) groups excluding carboxylic acids is 2. The van der Waals surface area contributed by atoms with E-state index in [9.17, 15) is 9.59 Å². The number of fused-ring (bicyclic) bond motifs is 1. The number of anilines is 1. The molecule has 0 fully saturated rings. The lowest BCUT2D eigenvalue weighted by Crippen LogP contribution is -2.15. The minimum atomic E-state index is -0.451. The Morgan fingerprint density at radius 3 is 2.80 bits per heavy atom.